The molecule has 0 spiro atoms. The minimum atomic E-state index is -0.147. The third kappa shape index (κ3) is 4.94. The standard InChI is InChI=1S/C12H23NO3/c1-2-10(8-13)7-12(14)16-9-11-5-3-4-6-15-11/h10-11H,2-9,13H2,1H3. The van der Waals surface area contributed by atoms with Crippen LogP contribution in [0.5, 0.6) is 0 Å². The molecule has 0 amide bonds. The van der Waals surface area contributed by atoms with Crippen LogP contribution in [0.25, 0.3) is 0 Å². The second kappa shape index (κ2) is 7.63. The summed E-state index contributed by atoms with van der Waals surface area (Å²) in [5.41, 5.74) is 5.54. The number of nitrogens with two attached hydrogens (primary N) is 1. The Bertz CT molecular complexity index is 198. The van der Waals surface area contributed by atoms with Crippen molar-refractivity contribution in [3.8, 4) is 0 Å². The predicted molar refractivity (Wildman–Crippen MR) is 62.0 cm³/mol. The van der Waals surface area contributed by atoms with E-state index in [4.69, 9.17) is 15.2 Å². The van der Waals surface area contributed by atoms with Crippen LogP contribution in [0.3, 0.4) is 0 Å². The quantitative estimate of drug-likeness (QED) is 0.701. The summed E-state index contributed by atoms with van der Waals surface area (Å²) in [6.45, 7) is 3.78. The molecule has 0 bridgehead atoms. The highest BCUT2D eigenvalue weighted by molar-refractivity contribution is 5.69. The summed E-state index contributed by atoms with van der Waals surface area (Å²) in [6.07, 6.45) is 4.75. The number of hydrogen-bond acceptors (Lipinski definition) is 4. The van der Waals surface area contributed by atoms with Gasteiger partial charge in [-0.15, -0.1) is 0 Å². The van der Waals surface area contributed by atoms with Gasteiger partial charge in [0.05, 0.1) is 6.10 Å². The van der Waals surface area contributed by atoms with Crippen molar-refractivity contribution in [1.82, 2.24) is 0 Å². The molecule has 0 saturated carbocycles. The van der Waals surface area contributed by atoms with Crippen LogP contribution in [0.2, 0.25) is 0 Å². The highest BCUT2D eigenvalue weighted by Gasteiger charge is 2.17. The largest absolute Gasteiger partial charge is 0.463 e. The Hall–Kier alpha value is -0.610. The molecule has 0 radical (unpaired) electrons. The second-order valence-corrected chi connectivity index (χ2v) is 4.39. The van der Waals surface area contributed by atoms with Crippen LogP contribution < -0.4 is 5.73 Å². The Balaban J connectivity index is 2.13. The number of esters is 1. The van der Waals surface area contributed by atoms with Gasteiger partial charge in [0.2, 0.25) is 0 Å². The molecule has 0 aromatic heterocycles. The Morgan fingerprint density at radius 1 is 1.56 bits per heavy atom. The van der Waals surface area contributed by atoms with Crippen molar-refractivity contribution in [3.63, 3.8) is 0 Å². The number of hydrogen-bond donors (Lipinski definition) is 1. The Kier molecular flexibility index (Phi) is 6.42. The molecule has 1 heterocycles. The summed E-state index contributed by atoms with van der Waals surface area (Å²) in [7, 11) is 0. The molecule has 4 heteroatoms. The molecule has 1 fully saturated rings. The van der Waals surface area contributed by atoms with Crippen LogP contribution in [0, 0.1) is 5.92 Å². The zero-order valence-electron chi connectivity index (χ0n) is 10.1. The highest BCUT2D eigenvalue weighted by Crippen LogP contribution is 2.14. The molecule has 16 heavy (non-hydrogen) atoms. The molecule has 0 aromatic carbocycles. The zero-order chi connectivity index (χ0) is 11.8. The van der Waals surface area contributed by atoms with Gasteiger partial charge in [0.25, 0.3) is 0 Å². The van der Waals surface area contributed by atoms with Crippen molar-refractivity contribution in [1.29, 1.82) is 0 Å². The molecule has 1 aliphatic rings. The van der Waals surface area contributed by atoms with Gasteiger partial charge < -0.3 is 15.2 Å². The predicted octanol–water partition coefficient (Wildman–Crippen LogP) is 1.47. The maximum absolute atomic E-state index is 11.5. The van der Waals surface area contributed by atoms with Gasteiger partial charge in [-0.3, -0.25) is 4.79 Å². The van der Waals surface area contributed by atoms with E-state index in [9.17, 15) is 4.79 Å². The lowest BCUT2D eigenvalue weighted by Gasteiger charge is -2.22. The lowest BCUT2D eigenvalue weighted by Crippen LogP contribution is -2.27. The minimum Gasteiger partial charge on any atom is -0.463 e. The first-order valence-corrected chi connectivity index (χ1v) is 6.23. The highest BCUT2D eigenvalue weighted by atomic mass is 16.6. The van der Waals surface area contributed by atoms with Gasteiger partial charge in [-0.2, -0.15) is 0 Å². The topological polar surface area (TPSA) is 61.6 Å². The van der Waals surface area contributed by atoms with Crippen LogP contribution in [0.4, 0.5) is 0 Å². The van der Waals surface area contributed by atoms with Crippen molar-refractivity contribution in [2.45, 2.75) is 45.1 Å². The first kappa shape index (κ1) is 13.5. The van der Waals surface area contributed by atoms with Gasteiger partial charge in [0, 0.05) is 13.0 Å². The molecular formula is C12H23NO3. The van der Waals surface area contributed by atoms with Crippen molar-refractivity contribution < 1.29 is 14.3 Å². The monoisotopic (exact) mass is 229 g/mol. The lowest BCUT2D eigenvalue weighted by molar-refractivity contribution is -0.150. The maximum Gasteiger partial charge on any atom is 0.306 e. The Morgan fingerprint density at radius 2 is 2.38 bits per heavy atom. The van der Waals surface area contributed by atoms with E-state index in [0.717, 1.165) is 25.9 Å². The lowest BCUT2D eigenvalue weighted by atomic mass is 10.0. The van der Waals surface area contributed by atoms with Crippen LogP contribution >= 0.6 is 0 Å². The van der Waals surface area contributed by atoms with E-state index in [1.54, 1.807) is 0 Å². The number of carbonyl (C=O) groups excluding carboxylic acids is 1. The summed E-state index contributed by atoms with van der Waals surface area (Å²) >= 11 is 0. The van der Waals surface area contributed by atoms with Crippen LogP contribution in [0.1, 0.15) is 39.0 Å². The van der Waals surface area contributed by atoms with E-state index in [1.165, 1.54) is 6.42 Å². The first-order chi connectivity index (χ1) is 7.76. The fraction of sp³-hybridized carbons (Fsp3) is 0.917. The van der Waals surface area contributed by atoms with Crippen LogP contribution in [-0.2, 0) is 14.3 Å². The third-order valence-corrected chi connectivity index (χ3v) is 3.07. The van der Waals surface area contributed by atoms with Crippen LogP contribution in [0.15, 0.2) is 0 Å². The molecule has 2 N–H and O–H groups in total. The summed E-state index contributed by atoms with van der Waals surface area (Å²) < 4.78 is 10.7. The number of carbonyl (C=O) groups is 1. The molecule has 1 saturated heterocycles. The molecule has 2 unspecified atom stereocenters. The normalized spacial score (nSPS) is 22.8. The maximum atomic E-state index is 11.5. The number of rotatable bonds is 6. The minimum absolute atomic E-state index is 0.107. The van der Waals surface area contributed by atoms with Crippen molar-refractivity contribution in [3.05, 3.63) is 0 Å². The summed E-state index contributed by atoms with van der Waals surface area (Å²) in [5.74, 6) is 0.103. The average molecular weight is 229 g/mol. The van der Waals surface area contributed by atoms with Crippen molar-refractivity contribution >= 4 is 5.97 Å². The van der Waals surface area contributed by atoms with Gasteiger partial charge >= 0.3 is 5.97 Å². The molecule has 0 aliphatic carbocycles. The van der Waals surface area contributed by atoms with E-state index in [-0.39, 0.29) is 18.0 Å². The average Bonchev–Trinajstić information content (AvgIpc) is 2.34. The summed E-state index contributed by atoms with van der Waals surface area (Å²) in [4.78, 5) is 11.5. The molecule has 4 nitrogen and oxygen atoms in total. The fourth-order valence-corrected chi connectivity index (χ4v) is 1.81. The second-order valence-electron chi connectivity index (χ2n) is 4.39. The van der Waals surface area contributed by atoms with E-state index in [0.29, 0.717) is 19.6 Å². The van der Waals surface area contributed by atoms with E-state index in [1.807, 2.05) is 6.92 Å². The Morgan fingerprint density at radius 3 is 2.94 bits per heavy atom. The van der Waals surface area contributed by atoms with Gasteiger partial charge in [0.15, 0.2) is 0 Å². The SMILES string of the molecule is CCC(CN)CC(=O)OCC1CCCCO1. The molecule has 0 aromatic rings. The van der Waals surface area contributed by atoms with Crippen molar-refractivity contribution in [2.75, 3.05) is 19.8 Å². The zero-order valence-corrected chi connectivity index (χ0v) is 10.1. The van der Waals surface area contributed by atoms with E-state index in [2.05, 4.69) is 0 Å². The smallest absolute Gasteiger partial charge is 0.306 e. The van der Waals surface area contributed by atoms with Crippen molar-refractivity contribution in [2.24, 2.45) is 11.7 Å². The third-order valence-electron chi connectivity index (χ3n) is 3.07. The van der Waals surface area contributed by atoms with E-state index >= 15 is 0 Å². The first-order valence-electron chi connectivity index (χ1n) is 6.23. The Labute approximate surface area is 97.5 Å². The van der Waals surface area contributed by atoms with Gasteiger partial charge in [-0.1, -0.05) is 13.3 Å². The van der Waals surface area contributed by atoms with Gasteiger partial charge in [0.1, 0.15) is 6.61 Å². The van der Waals surface area contributed by atoms with Crippen LogP contribution in [-0.4, -0.2) is 31.8 Å². The summed E-state index contributed by atoms with van der Waals surface area (Å²) in [5, 5.41) is 0. The molecule has 94 valence electrons. The molecule has 1 aliphatic heterocycles. The number of ether oxygens (including phenoxy) is 2. The fourth-order valence-electron chi connectivity index (χ4n) is 1.81. The van der Waals surface area contributed by atoms with Gasteiger partial charge in [-0.05, 0) is 31.7 Å². The summed E-state index contributed by atoms with van der Waals surface area (Å²) in [6, 6.07) is 0. The molecule has 2 atom stereocenters. The molecule has 1 rings (SSSR count). The van der Waals surface area contributed by atoms with Gasteiger partial charge in [-0.25, -0.2) is 0 Å². The molecular weight excluding hydrogens is 206 g/mol. The van der Waals surface area contributed by atoms with E-state index < -0.39 is 0 Å².